The highest BCUT2D eigenvalue weighted by Gasteiger charge is 2.23. The molecule has 0 aliphatic carbocycles. The number of carbonyl (C=O) groups excluding carboxylic acids is 2. The summed E-state index contributed by atoms with van der Waals surface area (Å²) in [6.45, 7) is 3.70. The largest absolute Gasteiger partial charge is 0.543 e. The maximum absolute atomic E-state index is 12.5. The number of benzene rings is 1. The number of carbonyl (C=O) groups is 2. The molecule has 1 fully saturated rings. The van der Waals surface area contributed by atoms with Crippen LogP contribution in [0.4, 0.5) is 0 Å². The zero-order chi connectivity index (χ0) is 15.7. The van der Waals surface area contributed by atoms with Crippen LogP contribution in [0.3, 0.4) is 0 Å². The third kappa shape index (κ3) is 2.71. The van der Waals surface area contributed by atoms with Gasteiger partial charge in [-0.2, -0.15) is 0 Å². The van der Waals surface area contributed by atoms with Crippen LogP contribution in [0.2, 0.25) is 0 Å². The van der Waals surface area contributed by atoms with Crippen LogP contribution in [0.1, 0.15) is 35.8 Å². The molecule has 5 nitrogen and oxygen atoms in total. The Bertz CT molecular complexity index is 712. The van der Waals surface area contributed by atoms with Crippen molar-refractivity contribution in [2.45, 2.75) is 26.2 Å². The predicted octanol–water partition coefficient (Wildman–Crippen LogP) is 1.33. The minimum Gasteiger partial charge on any atom is -0.543 e. The highest BCUT2D eigenvalue weighted by Crippen LogP contribution is 2.24. The molecule has 1 aliphatic heterocycles. The van der Waals surface area contributed by atoms with Crippen molar-refractivity contribution in [1.29, 1.82) is 0 Å². The SMILES string of the molecule is CC1CCN(C(=O)Cc2c(C(=O)[O-])[nH]c3ccccc23)CC1. The number of aromatic carboxylic acids is 1. The number of aromatic nitrogens is 1. The van der Waals surface area contributed by atoms with Crippen LogP contribution in [0, 0.1) is 5.92 Å². The van der Waals surface area contributed by atoms with E-state index in [9.17, 15) is 14.7 Å². The lowest BCUT2D eigenvalue weighted by atomic mass is 9.98. The molecule has 22 heavy (non-hydrogen) atoms. The summed E-state index contributed by atoms with van der Waals surface area (Å²) in [6, 6.07) is 7.30. The fraction of sp³-hybridized carbons (Fsp3) is 0.412. The molecule has 1 N–H and O–H groups in total. The minimum atomic E-state index is -1.27. The number of aromatic amines is 1. The number of carboxylic acid groups (broad SMARTS) is 1. The number of amides is 1. The summed E-state index contributed by atoms with van der Waals surface area (Å²) < 4.78 is 0. The fourth-order valence-corrected chi connectivity index (χ4v) is 3.08. The van der Waals surface area contributed by atoms with Crippen LogP contribution in [-0.4, -0.2) is 34.8 Å². The first-order valence-corrected chi connectivity index (χ1v) is 7.65. The molecule has 2 aromatic rings. The van der Waals surface area contributed by atoms with Crippen LogP contribution in [0.5, 0.6) is 0 Å². The van der Waals surface area contributed by atoms with Crippen molar-refractivity contribution in [3.8, 4) is 0 Å². The molecule has 0 unspecified atom stereocenters. The number of nitrogens with one attached hydrogen (secondary N) is 1. The van der Waals surface area contributed by atoms with Crippen LogP contribution in [0.15, 0.2) is 24.3 Å². The molecule has 1 aromatic heterocycles. The standard InChI is InChI=1S/C17H20N2O3/c1-11-6-8-19(9-7-11)15(20)10-13-12-4-2-3-5-14(12)18-16(13)17(21)22/h2-5,11,18H,6-10H2,1H3,(H,21,22)/p-1. The highest BCUT2D eigenvalue weighted by molar-refractivity contribution is 5.99. The lowest BCUT2D eigenvalue weighted by molar-refractivity contribution is -0.255. The van der Waals surface area contributed by atoms with E-state index >= 15 is 0 Å². The molecule has 0 atom stereocenters. The number of hydrogen-bond donors (Lipinski definition) is 1. The second-order valence-corrected chi connectivity index (χ2v) is 6.05. The quantitative estimate of drug-likeness (QED) is 0.929. The lowest BCUT2D eigenvalue weighted by Crippen LogP contribution is -2.39. The summed E-state index contributed by atoms with van der Waals surface area (Å²) >= 11 is 0. The zero-order valence-corrected chi connectivity index (χ0v) is 12.6. The Labute approximate surface area is 128 Å². The molecular formula is C17H19N2O3-. The van der Waals surface area contributed by atoms with E-state index in [0.717, 1.165) is 36.8 Å². The number of hydrogen-bond acceptors (Lipinski definition) is 3. The summed E-state index contributed by atoms with van der Waals surface area (Å²) in [6.07, 6.45) is 2.11. The number of H-pyrrole nitrogens is 1. The van der Waals surface area contributed by atoms with E-state index in [1.54, 1.807) is 6.07 Å². The first-order valence-electron chi connectivity index (χ1n) is 7.65. The van der Waals surface area contributed by atoms with Gasteiger partial charge < -0.3 is 19.8 Å². The molecular weight excluding hydrogens is 280 g/mol. The Kier molecular flexibility index (Phi) is 3.88. The Morgan fingerprint density at radius 3 is 2.64 bits per heavy atom. The van der Waals surface area contributed by atoms with E-state index in [1.165, 1.54) is 0 Å². The fourth-order valence-electron chi connectivity index (χ4n) is 3.08. The number of nitrogens with zero attached hydrogens (tertiary/aromatic N) is 1. The van der Waals surface area contributed by atoms with Gasteiger partial charge in [0, 0.05) is 24.0 Å². The first kappa shape index (κ1) is 14.6. The van der Waals surface area contributed by atoms with Gasteiger partial charge in [-0.3, -0.25) is 4.79 Å². The highest BCUT2D eigenvalue weighted by atomic mass is 16.4. The van der Waals surface area contributed by atoms with Gasteiger partial charge in [-0.1, -0.05) is 25.1 Å². The minimum absolute atomic E-state index is 0.0138. The van der Waals surface area contributed by atoms with Crippen molar-refractivity contribution in [1.82, 2.24) is 9.88 Å². The molecule has 1 aliphatic rings. The molecule has 5 heteroatoms. The number of carboxylic acids is 1. The van der Waals surface area contributed by atoms with Gasteiger partial charge in [0.15, 0.2) is 0 Å². The van der Waals surface area contributed by atoms with Gasteiger partial charge in [-0.05, 0) is 30.4 Å². The van der Waals surface area contributed by atoms with Crippen molar-refractivity contribution in [2.24, 2.45) is 5.92 Å². The van der Waals surface area contributed by atoms with Gasteiger partial charge in [-0.15, -0.1) is 0 Å². The Hall–Kier alpha value is -2.30. The number of likely N-dealkylation sites (tertiary alicyclic amines) is 1. The van der Waals surface area contributed by atoms with Gasteiger partial charge in [0.25, 0.3) is 0 Å². The van der Waals surface area contributed by atoms with Gasteiger partial charge in [0.2, 0.25) is 5.91 Å². The van der Waals surface area contributed by atoms with E-state index in [0.29, 0.717) is 11.5 Å². The number of rotatable bonds is 3. The molecule has 2 heterocycles. The molecule has 1 amide bonds. The predicted molar refractivity (Wildman–Crippen MR) is 81.3 cm³/mol. The van der Waals surface area contributed by atoms with Crippen LogP contribution in [0.25, 0.3) is 10.9 Å². The molecule has 0 spiro atoms. The van der Waals surface area contributed by atoms with E-state index in [4.69, 9.17) is 0 Å². The van der Waals surface area contributed by atoms with Crippen molar-refractivity contribution in [2.75, 3.05) is 13.1 Å². The average molecular weight is 299 g/mol. The maximum Gasteiger partial charge on any atom is 0.227 e. The first-order chi connectivity index (χ1) is 10.6. The average Bonchev–Trinajstić information content (AvgIpc) is 2.87. The van der Waals surface area contributed by atoms with Crippen LogP contribution < -0.4 is 5.11 Å². The van der Waals surface area contributed by atoms with Crippen molar-refractivity contribution in [3.05, 3.63) is 35.5 Å². The summed E-state index contributed by atoms with van der Waals surface area (Å²) in [4.78, 5) is 28.5. The molecule has 3 rings (SSSR count). The topological polar surface area (TPSA) is 76.2 Å². The van der Waals surface area contributed by atoms with Crippen molar-refractivity contribution >= 4 is 22.8 Å². The Morgan fingerprint density at radius 1 is 1.27 bits per heavy atom. The van der Waals surface area contributed by atoms with Gasteiger partial charge in [-0.25, -0.2) is 0 Å². The van der Waals surface area contributed by atoms with Gasteiger partial charge >= 0.3 is 0 Å². The van der Waals surface area contributed by atoms with Crippen LogP contribution in [-0.2, 0) is 11.2 Å². The van der Waals surface area contributed by atoms with E-state index in [2.05, 4.69) is 11.9 Å². The zero-order valence-electron chi connectivity index (χ0n) is 12.6. The van der Waals surface area contributed by atoms with E-state index in [-0.39, 0.29) is 18.0 Å². The number of fused-ring (bicyclic) bond motifs is 1. The number of piperidine rings is 1. The maximum atomic E-state index is 12.5. The summed E-state index contributed by atoms with van der Waals surface area (Å²) in [5, 5.41) is 12.1. The van der Waals surface area contributed by atoms with Crippen molar-refractivity contribution in [3.63, 3.8) is 0 Å². The third-order valence-corrected chi connectivity index (χ3v) is 4.48. The summed E-state index contributed by atoms with van der Waals surface area (Å²) in [5.74, 6) is -0.638. The van der Waals surface area contributed by atoms with Gasteiger partial charge in [0.1, 0.15) is 0 Å². The molecule has 1 aromatic carbocycles. The Balaban J connectivity index is 1.88. The summed E-state index contributed by atoms with van der Waals surface area (Å²) in [7, 11) is 0. The van der Waals surface area contributed by atoms with Gasteiger partial charge in [0.05, 0.1) is 18.1 Å². The normalized spacial score (nSPS) is 16.1. The molecule has 0 saturated carbocycles. The second-order valence-electron chi connectivity index (χ2n) is 6.05. The molecule has 116 valence electrons. The van der Waals surface area contributed by atoms with E-state index < -0.39 is 5.97 Å². The molecule has 0 bridgehead atoms. The Morgan fingerprint density at radius 2 is 1.95 bits per heavy atom. The van der Waals surface area contributed by atoms with Crippen molar-refractivity contribution < 1.29 is 14.7 Å². The second kappa shape index (κ2) is 5.83. The molecule has 0 radical (unpaired) electrons. The van der Waals surface area contributed by atoms with Crippen LogP contribution >= 0.6 is 0 Å². The molecule has 1 saturated heterocycles. The third-order valence-electron chi connectivity index (χ3n) is 4.48. The number of para-hydroxylation sites is 1. The smallest absolute Gasteiger partial charge is 0.227 e. The monoisotopic (exact) mass is 299 g/mol. The lowest BCUT2D eigenvalue weighted by Gasteiger charge is -2.30. The van der Waals surface area contributed by atoms with E-state index in [1.807, 2.05) is 23.1 Å². The summed E-state index contributed by atoms with van der Waals surface area (Å²) in [5.41, 5.74) is 1.26.